The van der Waals surface area contributed by atoms with Crippen molar-refractivity contribution in [3.05, 3.63) is 36.3 Å². The predicted molar refractivity (Wildman–Crippen MR) is 71.0 cm³/mol. The lowest BCUT2D eigenvalue weighted by molar-refractivity contribution is -0.141. The second kappa shape index (κ2) is 5.91. The molecule has 0 unspecified atom stereocenters. The first kappa shape index (κ1) is 14.8. The summed E-state index contributed by atoms with van der Waals surface area (Å²) in [6.45, 7) is 3.20. The molecule has 0 spiro atoms. The van der Waals surface area contributed by atoms with Crippen molar-refractivity contribution in [1.82, 2.24) is 19.9 Å². The quantitative estimate of drug-likeness (QED) is 0.861. The van der Waals surface area contributed by atoms with Crippen LogP contribution in [0.25, 0.3) is 0 Å². The van der Waals surface area contributed by atoms with Crippen molar-refractivity contribution >= 4 is 5.95 Å². The fraction of sp³-hybridized carbons (Fsp3) is 0.462. The molecule has 0 atom stereocenters. The van der Waals surface area contributed by atoms with Gasteiger partial charge in [0.25, 0.3) is 0 Å². The number of anilines is 1. The molecule has 9 heteroatoms. The highest BCUT2D eigenvalue weighted by Gasteiger charge is 2.33. The summed E-state index contributed by atoms with van der Waals surface area (Å²) in [6, 6.07) is 0.879. The van der Waals surface area contributed by atoms with E-state index in [-0.39, 0.29) is 5.95 Å². The lowest BCUT2D eigenvalue weighted by Gasteiger charge is -2.34. The Balaban J connectivity index is 1.61. The van der Waals surface area contributed by atoms with Gasteiger partial charge in [0, 0.05) is 38.9 Å². The number of aromatic nitrogens is 3. The summed E-state index contributed by atoms with van der Waals surface area (Å²) < 4.78 is 42.9. The van der Waals surface area contributed by atoms with Crippen LogP contribution in [-0.2, 0) is 12.7 Å². The zero-order chi connectivity index (χ0) is 15.6. The normalized spacial score (nSPS) is 17.0. The van der Waals surface area contributed by atoms with Crippen LogP contribution >= 0.6 is 0 Å². The molecule has 0 radical (unpaired) electrons. The number of piperazine rings is 1. The van der Waals surface area contributed by atoms with Crippen LogP contribution in [0, 0.1) is 0 Å². The van der Waals surface area contributed by atoms with Gasteiger partial charge >= 0.3 is 6.18 Å². The monoisotopic (exact) mass is 313 g/mol. The van der Waals surface area contributed by atoms with E-state index >= 15 is 0 Å². The first-order valence-electron chi connectivity index (χ1n) is 6.77. The number of nitrogens with zero attached hydrogens (tertiary/aromatic N) is 5. The molecule has 2 aromatic heterocycles. The number of halogens is 3. The van der Waals surface area contributed by atoms with E-state index in [1.807, 2.05) is 0 Å². The van der Waals surface area contributed by atoms with Crippen molar-refractivity contribution in [2.45, 2.75) is 12.7 Å². The van der Waals surface area contributed by atoms with Gasteiger partial charge in [0.2, 0.25) is 5.95 Å². The lowest BCUT2D eigenvalue weighted by Crippen LogP contribution is -2.46. The van der Waals surface area contributed by atoms with Gasteiger partial charge in [-0.1, -0.05) is 0 Å². The first-order valence-corrected chi connectivity index (χ1v) is 6.77. The van der Waals surface area contributed by atoms with E-state index in [0.717, 1.165) is 18.0 Å². The Hall–Kier alpha value is -2.16. The molecule has 0 N–H and O–H groups in total. The van der Waals surface area contributed by atoms with Gasteiger partial charge in [0.15, 0.2) is 6.39 Å². The van der Waals surface area contributed by atoms with E-state index in [0.29, 0.717) is 32.7 Å². The Morgan fingerprint density at radius 2 is 1.91 bits per heavy atom. The van der Waals surface area contributed by atoms with Crippen molar-refractivity contribution in [1.29, 1.82) is 0 Å². The fourth-order valence-corrected chi connectivity index (χ4v) is 2.31. The van der Waals surface area contributed by atoms with Crippen LogP contribution in [0.1, 0.15) is 11.4 Å². The van der Waals surface area contributed by atoms with Gasteiger partial charge in [0.05, 0.1) is 5.69 Å². The summed E-state index contributed by atoms with van der Waals surface area (Å²) in [5.41, 5.74) is -0.0775. The second-order valence-electron chi connectivity index (χ2n) is 4.98. The van der Waals surface area contributed by atoms with Crippen LogP contribution in [0.5, 0.6) is 0 Å². The third-order valence-corrected chi connectivity index (χ3v) is 3.46. The molecule has 0 bridgehead atoms. The average molecular weight is 313 g/mol. The average Bonchev–Trinajstić information content (AvgIpc) is 3.00. The third-order valence-electron chi connectivity index (χ3n) is 3.46. The number of oxazole rings is 1. The van der Waals surface area contributed by atoms with Crippen LogP contribution in [-0.4, -0.2) is 46.0 Å². The summed E-state index contributed by atoms with van der Waals surface area (Å²) >= 11 is 0. The molecule has 0 aromatic carbocycles. The predicted octanol–water partition coefficient (Wildman–Crippen LogP) is 1.81. The Kier molecular flexibility index (Phi) is 3.97. The van der Waals surface area contributed by atoms with Crippen molar-refractivity contribution in [3.63, 3.8) is 0 Å². The molecular formula is C13H14F3N5O. The van der Waals surface area contributed by atoms with Crippen LogP contribution in [0.3, 0.4) is 0 Å². The zero-order valence-electron chi connectivity index (χ0n) is 11.6. The van der Waals surface area contributed by atoms with Gasteiger partial charge in [-0.2, -0.15) is 13.2 Å². The minimum atomic E-state index is -4.45. The van der Waals surface area contributed by atoms with E-state index in [9.17, 15) is 13.2 Å². The van der Waals surface area contributed by atoms with E-state index in [2.05, 4.69) is 19.9 Å². The summed E-state index contributed by atoms with van der Waals surface area (Å²) in [5, 5.41) is 0. The van der Waals surface area contributed by atoms with Gasteiger partial charge in [-0.3, -0.25) is 4.90 Å². The van der Waals surface area contributed by atoms with Crippen molar-refractivity contribution in [2.75, 3.05) is 31.1 Å². The zero-order valence-corrected chi connectivity index (χ0v) is 11.6. The van der Waals surface area contributed by atoms with Crippen LogP contribution in [0.2, 0.25) is 0 Å². The van der Waals surface area contributed by atoms with E-state index in [1.54, 1.807) is 11.2 Å². The molecule has 1 aliphatic heterocycles. The first-order chi connectivity index (χ1) is 10.5. The molecule has 0 aliphatic carbocycles. The smallest absolute Gasteiger partial charge is 0.433 e. The minimum absolute atomic E-state index is 0.121. The summed E-state index contributed by atoms with van der Waals surface area (Å²) in [6.07, 6.45) is -0.344. The molecule has 2 aromatic rings. The summed E-state index contributed by atoms with van der Waals surface area (Å²) in [5.74, 6) is 0.121. The van der Waals surface area contributed by atoms with E-state index < -0.39 is 11.9 Å². The largest absolute Gasteiger partial charge is 0.451 e. The van der Waals surface area contributed by atoms with Gasteiger partial charge in [-0.15, -0.1) is 0 Å². The Morgan fingerprint density at radius 3 is 2.55 bits per heavy atom. The van der Waals surface area contributed by atoms with Crippen molar-refractivity contribution in [3.8, 4) is 0 Å². The molecule has 118 valence electrons. The van der Waals surface area contributed by atoms with Gasteiger partial charge in [-0.25, -0.2) is 15.0 Å². The maximum Gasteiger partial charge on any atom is 0.433 e. The molecule has 0 saturated carbocycles. The molecule has 0 amide bonds. The van der Waals surface area contributed by atoms with Gasteiger partial charge < -0.3 is 9.32 Å². The Morgan fingerprint density at radius 1 is 1.14 bits per heavy atom. The lowest BCUT2D eigenvalue weighted by atomic mass is 10.3. The van der Waals surface area contributed by atoms with Gasteiger partial charge in [-0.05, 0) is 6.07 Å². The Bertz CT molecular complexity index is 608. The van der Waals surface area contributed by atoms with Crippen LogP contribution < -0.4 is 4.90 Å². The molecule has 1 saturated heterocycles. The number of alkyl halides is 3. The topological polar surface area (TPSA) is 58.3 Å². The molecule has 1 aliphatic rings. The number of hydrogen-bond donors (Lipinski definition) is 0. The number of rotatable bonds is 3. The SMILES string of the molecule is FC(F)(F)c1ccnc(N2CCN(Cc3cocn3)CC2)n1. The van der Waals surface area contributed by atoms with Crippen LogP contribution in [0.4, 0.5) is 19.1 Å². The van der Waals surface area contributed by atoms with Crippen molar-refractivity contribution < 1.29 is 17.6 Å². The number of hydrogen-bond acceptors (Lipinski definition) is 6. The molecule has 22 heavy (non-hydrogen) atoms. The summed E-state index contributed by atoms with van der Waals surface area (Å²) in [4.78, 5) is 15.5. The van der Waals surface area contributed by atoms with E-state index in [4.69, 9.17) is 4.42 Å². The second-order valence-corrected chi connectivity index (χ2v) is 4.98. The molecule has 6 nitrogen and oxygen atoms in total. The Labute approximate surface area is 124 Å². The van der Waals surface area contributed by atoms with Gasteiger partial charge in [0.1, 0.15) is 12.0 Å². The molecule has 3 heterocycles. The molecule has 1 fully saturated rings. The molecule has 3 rings (SSSR count). The standard InChI is InChI=1S/C13H14F3N5O/c14-13(15,16)11-1-2-17-12(19-11)21-5-3-20(4-6-21)7-10-8-22-9-18-10/h1-2,8-9H,3-7H2. The highest BCUT2D eigenvalue weighted by Crippen LogP contribution is 2.28. The highest BCUT2D eigenvalue weighted by atomic mass is 19.4. The minimum Gasteiger partial charge on any atom is -0.451 e. The molecular weight excluding hydrogens is 299 g/mol. The van der Waals surface area contributed by atoms with Crippen LogP contribution in [0.15, 0.2) is 29.3 Å². The highest BCUT2D eigenvalue weighted by molar-refractivity contribution is 5.31. The van der Waals surface area contributed by atoms with Crippen molar-refractivity contribution in [2.24, 2.45) is 0 Å². The summed E-state index contributed by atoms with van der Waals surface area (Å²) in [7, 11) is 0. The third kappa shape index (κ3) is 3.35. The van der Waals surface area contributed by atoms with E-state index in [1.165, 1.54) is 6.39 Å². The fourth-order valence-electron chi connectivity index (χ4n) is 2.31. The maximum atomic E-state index is 12.7. The maximum absolute atomic E-state index is 12.7.